The van der Waals surface area contributed by atoms with E-state index in [1.807, 2.05) is 11.5 Å². The maximum absolute atomic E-state index is 13.3. The van der Waals surface area contributed by atoms with E-state index in [1.165, 1.54) is 45.6 Å². The van der Waals surface area contributed by atoms with Crippen molar-refractivity contribution in [2.75, 3.05) is 27.9 Å². The molecule has 3 rings (SSSR count). The Morgan fingerprint density at radius 2 is 1.44 bits per heavy atom. The molecule has 0 aliphatic rings. The summed E-state index contributed by atoms with van der Waals surface area (Å²) in [5, 5.41) is 0. The highest BCUT2D eigenvalue weighted by molar-refractivity contribution is 6.01. The van der Waals surface area contributed by atoms with Crippen LogP contribution in [0.3, 0.4) is 0 Å². The number of hydrogen-bond donors (Lipinski definition) is 0. The van der Waals surface area contributed by atoms with Crippen LogP contribution in [0.1, 0.15) is 32.1 Å². The van der Waals surface area contributed by atoms with Crippen molar-refractivity contribution in [3.05, 3.63) is 70.8 Å². The fraction of sp³-hybridized carbons (Fsp3) is 0.250. The lowest BCUT2D eigenvalue weighted by molar-refractivity contribution is 0.0471. The number of Topliss-reactive ketones (excluding diaryl/α,β-unsaturated/α-hetero) is 1. The molecule has 8 heteroatoms. The van der Waals surface area contributed by atoms with Crippen LogP contribution in [-0.2, 0) is 4.74 Å². The Balaban J connectivity index is 1.80. The summed E-state index contributed by atoms with van der Waals surface area (Å²) in [5.41, 5.74) is 2.71. The first-order chi connectivity index (χ1) is 15.3. The van der Waals surface area contributed by atoms with Gasteiger partial charge in [-0.2, -0.15) is 0 Å². The Morgan fingerprint density at radius 3 is 2.03 bits per heavy atom. The van der Waals surface area contributed by atoms with Crippen LogP contribution in [0.4, 0.5) is 4.39 Å². The van der Waals surface area contributed by atoms with Crippen molar-refractivity contribution in [3.63, 3.8) is 0 Å². The van der Waals surface area contributed by atoms with E-state index in [0.29, 0.717) is 22.8 Å². The van der Waals surface area contributed by atoms with E-state index in [4.69, 9.17) is 18.9 Å². The number of carbonyl (C=O) groups is 2. The molecule has 0 radical (unpaired) electrons. The summed E-state index contributed by atoms with van der Waals surface area (Å²) in [5.74, 6) is -0.484. The zero-order chi connectivity index (χ0) is 23.4. The number of ketones is 1. The van der Waals surface area contributed by atoms with Crippen LogP contribution in [0, 0.1) is 19.7 Å². The van der Waals surface area contributed by atoms with Crippen molar-refractivity contribution in [2.45, 2.75) is 13.8 Å². The maximum atomic E-state index is 13.3. The number of rotatable bonds is 8. The van der Waals surface area contributed by atoms with Gasteiger partial charge in [-0.05, 0) is 44.2 Å². The second-order valence-electron chi connectivity index (χ2n) is 7.00. The third kappa shape index (κ3) is 4.44. The molecule has 0 saturated carbocycles. The van der Waals surface area contributed by atoms with Gasteiger partial charge in [-0.25, -0.2) is 9.18 Å². The maximum Gasteiger partial charge on any atom is 0.342 e. The van der Waals surface area contributed by atoms with Gasteiger partial charge >= 0.3 is 5.97 Å². The van der Waals surface area contributed by atoms with Crippen molar-refractivity contribution in [1.29, 1.82) is 0 Å². The molecule has 168 valence electrons. The molecule has 0 unspecified atom stereocenters. The quantitative estimate of drug-likeness (QED) is 0.383. The molecule has 2 aromatic carbocycles. The molecule has 3 aromatic rings. The van der Waals surface area contributed by atoms with Crippen LogP contribution in [-0.4, -0.2) is 44.3 Å². The van der Waals surface area contributed by atoms with Crippen LogP contribution in [0.5, 0.6) is 17.2 Å². The van der Waals surface area contributed by atoms with E-state index in [2.05, 4.69) is 0 Å². The van der Waals surface area contributed by atoms with Crippen molar-refractivity contribution in [3.8, 4) is 22.9 Å². The molecule has 0 spiro atoms. The second kappa shape index (κ2) is 9.55. The minimum atomic E-state index is -0.733. The van der Waals surface area contributed by atoms with Crippen LogP contribution in [0.15, 0.2) is 42.5 Å². The lowest BCUT2D eigenvalue weighted by Crippen LogP contribution is -2.16. The van der Waals surface area contributed by atoms with Crippen molar-refractivity contribution >= 4 is 11.8 Å². The molecule has 0 atom stereocenters. The fourth-order valence-electron chi connectivity index (χ4n) is 3.51. The predicted octanol–water partition coefficient (Wildman–Crippen LogP) is 4.30. The van der Waals surface area contributed by atoms with Gasteiger partial charge in [-0.3, -0.25) is 4.79 Å². The molecule has 7 nitrogen and oxygen atoms in total. The minimum Gasteiger partial charge on any atom is -0.496 e. The van der Waals surface area contributed by atoms with E-state index in [1.54, 1.807) is 25.1 Å². The SMILES string of the molecule is COc1cc(OC)c(C(=O)OCC(=O)c2cc(C)n(-c3ccc(F)cc3)c2C)cc1OC. The lowest BCUT2D eigenvalue weighted by atomic mass is 10.1. The molecular weight excluding hydrogens is 417 g/mol. The van der Waals surface area contributed by atoms with Crippen molar-refractivity contribution < 1.29 is 32.9 Å². The Kier molecular flexibility index (Phi) is 6.82. The third-order valence-electron chi connectivity index (χ3n) is 5.08. The smallest absolute Gasteiger partial charge is 0.342 e. The fourth-order valence-corrected chi connectivity index (χ4v) is 3.51. The van der Waals surface area contributed by atoms with E-state index in [0.717, 1.165) is 11.4 Å². The van der Waals surface area contributed by atoms with Gasteiger partial charge in [0.05, 0.1) is 21.3 Å². The standard InChI is InChI=1S/C24H24FNO6/c1-14-10-18(15(2)26(14)17-8-6-16(25)7-9-17)20(27)13-32-24(28)19-11-22(30-4)23(31-5)12-21(19)29-3/h6-12H,13H2,1-5H3. The lowest BCUT2D eigenvalue weighted by Gasteiger charge is -2.13. The Morgan fingerprint density at radius 1 is 0.844 bits per heavy atom. The van der Waals surface area contributed by atoms with Crippen molar-refractivity contribution in [2.24, 2.45) is 0 Å². The van der Waals surface area contributed by atoms with Gasteiger partial charge in [0.2, 0.25) is 5.78 Å². The van der Waals surface area contributed by atoms with E-state index in [9.17, 15) is 14.0 Å². The summed E-state index contributed by atoms with van der Waals surface area (Å²) in [6.45, 7) is 3.17. The van der Waals surface area contributed by atoms with E-state index in [-0.39, 0.29) is 22.9 Å². The molecule has 0 bridgehead atoms. The zero-order valence-electron chi connectivity index (χ0n) is 18.5. The Labute approximate surface area is 185 Å². The van der Waals surface area contributed by atoms with Crippen LogP contribution in [0.2, 0.25) is 0 Å². The van der Waals surface area contributed by atoms with Gasteiger partial charge < -0.3 is 23.5 Å². The molecule has 1 heterocycles. The predicted molar refractivity (Wildman–Crippen MR) is 116 cm³/mol. The van der Waals surface area contributed by atoms with Gasteiger partial charge in [-0.1, -0.05) is 0 Å². The summed E-state index contributed by atoms with van der Waals surface area (Å²) in [6, 6.07) is 10.6. The first-order valence-electron chi connectivity index (χ1n) is 9.75. The number of carbonyl (C=O) groups excluding carboxylic acids is 2. The number of benzene rings is 2. The normalized spacial score (nSPS) is 10.6. The molecule has 0 N–H and O–H groups in total. The largest absolute Gasteiger partial charge is 0.496 e. The molecule has 0 saturated heterocycles. The summed E-state index contributed by atoms with van der Waals surface area (Å²) >= 11 is 0. The minimum absolute atomic E-state index is 0.106. The summed E-state index contributed by atoms with van der Waals surface area (Å²) in [6.07, 6.45) is 0. The molecule has 0 aliphatic carbocycles. The number of ether oxygens (including phenoxy) is 4. The number of halogens is 1. The molecule has 1 aromatic heterocycles. The number of aromatic nitrogens is 1. The number of esters is 1. The number of hydrogen-bond acceptors (Lipinski definition) is 6. The molecule has 0 fully saturated rings. The Bertz CT molecular complexity index is 1150. The summed E-state index contributed by atoms with van der Waals surface area (Å²) in [4.78, 5) is 25.5. The third-order valence-corrected chi connectivity index (χ3v) is 5.08. The average molecular weight is 441 g/mol. The average Bonchev–Trinajstić information content (AvgIpc) is 3.10. The van der Waals surface area contributed by atoms with Crippen LogP contribution < -0.4 is 14.2 Å². The summed E-state index contributed by atoms with van der Waals surface area (Å²) in [7, 11) is 4.32. The first-order valence-corrected chi connectivity index (χ1v) is 9.75. The highest BCUT2D eigenvalue weighted by atomic mass is 19.1. The number of nitrogens with zero attached hydrogens (tertiary/aromatic N) is 1. The zero-order valence-corrected chi connectivity index (χ0v) is 18.5. The summed E-state index contributed by atoms with van der Waals surface area (Å²) < 4.78 is 36.0. The van der Waals surface area contributed by atoms with E-state index < -0.39 is 12.6 Å². The highest BCUT2D eigenvalue weighted by Crippen LogP contribution is 2.35. The van der Waals surface area contributed by atoms with Gasteiger partial charge in [0.15, 0.2) is 18.1 Å². The van der Waals surface area contributed by atoms with Crippen molar-refractivity contribution in [1.82, 2.24) is 4.57 Å². The molecule has 0 aliphatic heterocycles. The molecule has 32 heavy (non-hydrogen) atoms. The number of aryl methyl sites for hydroxylation is 1. The number of methoxy groups -OCH3 is 3. The molecule has 0 amide bonds. The van der Waals surface area contributed by atoms with Gasteiger partial charge in [0.25, 0.3) is 0 Å². The Hall–Kier alpha value is -3.81. The second-order valence-corrected chi connectivity index (χ2v) is 7.00. The van der Waals surface area contributed by atoms with E-state index >= 15 is 0 Å². The van der Waals surface area contributed by atoms with Crippen LogP contribution in [0.25, 0.3) is 5.69 Å². The highest BCUT2D eigenvalue weighted by Gasteiger charge is 2.22. The first kappa shape index (κ1) is 22.9. The van der Waals surface area contributed by atoms with Gasteiger partial charge in [-0.15, -0.1) is 0 Å². The topological polar surface area (TPSA) is 76.0 Å². The molecular formula is C24H24FNO6. The van der Waals surface area contributed by atoms with Gasteiger partial charge in [0, 0.05) is 34.8 Å². The van der Waals surface area contributed by atoms with Crippen LogP contribution >= 0.6 is 0 Å². The van der Waals surface area contributed by atoms with Gasteiger partial charge in [0.1, 0.15) is 17.1 Å². The monoisotopic (exact) mass is 441 g/mol.